The fraction of sp³-hybridized carbons (Fsp3) is 0.750. The highest BCUT2D eigenvalue weighted by Crippen LogP contribution is 2.31. The van der Waals surface area contributed by atoms with Gasteiger partial charge in [-0.1, -0.05) is 12.2 Å². The van der Waals surface area contributed by atoms with Gasteiger partial charge in [-0.15, -0.1) is 0 Å². The number of carbonyl (C=O) groups excluding carboxylic acids is 1. The standard InChI is InChI=1S/C12H20O2/c1-8(2)10-7-6-9(3)14-12(4,5)11(10)13/h9-10H,1,6-7H2,2-5H3/t9?,10-/m0/s1. The van der Waals surface area contributed by atoms with Crippen LogP contribution in [0.25, 0.3) is 0 Å². The Labute approximate surface area is 86.3 Å². The van der Waals surface area contributed by atoms with E-state index in [1.807, 2.05) is 27.7 Å². The quantitative estimate of drug-likeness (QED) is 0.603. The SMILES string of the molecule is C=C(C)[C@@H]1CCC(C)OC(C)(C)C1=O. The van der Waals surface area contributed by atoms with Crippen molar-refractivity contribution in [2.45, 2.75) is 52.2 Å². The maximum atomic E-state index is 12.1. The van der Waals surface area contributed by atoms with Crippen LogP contribution < -0.4 is 0 Å². The molecule has 0 spiro atoms. The van der Waals surface area contributed by atoms with E-state index in [1.54, 1.807) is 0 Å². The van der Waals surface area contributed by atoms with Crippen molar-refractivity contribution in [3.63, 3.8) is 0 Å². The minimum absolute atomic E-state index is 0.0186. The summed E-state index contributed by atoms with van der Waals surface area (Å²) in [6.45, 7) is 11.5. The molecular weight excluding hydrogens is 176 g/mol. The van der Waals surface area contributed by atoms with Gasteiger partial charge in [0.2, 0.25) is 0 Å². The minimum Gasteiger partial charge on any atom is -0.365 e. The molecule has 1 aliphatic heterocycles. The predicted octanol–water partition coefficient (Wildman–Crippen LogP) is 2.73. The third-order valence-corrected chi connectivity index (χ3v) is 2.86. The lowest BCUT2D eigenvalue weighted by atomic mass is 9.85. The van der Waals surface area contributed by atoms with Crippen LogP contribution in [0.3, 0.4) is 0 Å². The van der Waals surface area contributed by atoms with Gasteiger partial charge < -0.3 is 4.74 Å². The summed E-state index contributed by atoms with van der Waals surface area (Å²) in [5.41, 5.74) is 0.306. The van der Waals surface area contributed by atoms with Gasteiger partial charge in [0.1, 0.15) is 5.60 Å². The van der Waals surface area contributed by atoms with Gasteiger partial charge in [-0.3, -0.25) is 4.79 Å². The first-order valence-electron chi connectivity index (χ1n) is 5.22. The van der Waals surface area contributed by atoms with E-state index in [1.165, 1.54) is 0 Å². The maximum absolute atomic E-state index is 12.1. The number of carbonyl (C=O) groups is 1. The lowest BCUT2D eigenvalue weighted by Gasteiger charge is -2.26. The summed E-state index contributed by atoms with van der Waals surface area (Å²) >= 11 is 0. The van der Waals surface area contributed by atoms with Crippen LogP contribution in [0.2, 0.25) is 0 Å². The summed E-state index contributed by atoms with van der Waals surface area (Å²) in [6.07, 6.45) is 1.98. The molecule has 2 heteroatoms. The Hall–Kier alpha value is -0.630. The molecule has 0 aromatic heterocycles. The van der Waals surface area contributed by atoms with Crippen molar-refractivity contribution >= 4 is 5.78 Å². The Morgan fingerprint density at radius 1 is 1.50 bits per heavy atom. The van der Waals surface area contributed by atoms with Gasteiger partial charge in [0, 0.05) is 5.92 Å². The topological polar surface area (TPSA) is 26.3 Å². The molecule has 0 N–H and O–H groups in total. The molecule has 0 aromatic carbocycles. The lowest BCUT2D eigenvalue weighted by Crippen LogP contribution is -2.39. The largest absolute Gasteiger partial charge is 0.365 e. The molecule has 1 fully saturated rings. The predicted molar refractivity (Wildman–Crippen MR) is 57.2 cm³/mol. The van der Waals surface area contributed by atoms with Crippen molar-refractivity contribution < 1.29 is 9.53 Å². The molecule has 0 aliphatic carbocycles. The van der Waals surface area contributed by atoms with Gasteiger partial charge in [0.15, 0.2) is 5.78 Å². The van der Waals surface area contributed by atoms with Gasteiger partial charge in [-0.25, -0.2) is 0 Å². The fourth-order valence-corrected chi connectivity index (χ4v) is 2.04. The third-order valence-electron chi connectivity index (χ3n) is 2.86. The van der Waals surface area contributed by atoms with Crippen molar-refractivity contribution in [3.8, 4) is 0 Å². The first kappa shape index (κ1) is 11.4. The number of ether oxygens (including phenoxy) is 1. The second kappa shape index (κ2) is 3.85. The van der Waals surface area contributed by atoms with Crippen molar-refractivity contribution in [2.75, 3.05) is 0 Å². The fourth-order valence-electron chi connectivity index (χ4n) is 2.04. The number of hydrogen-bond acceptors (Lipinski definition) is 2. The normalized spacial score (nSPS) is 32.4. The zero-order chi connectivity index (χ0) is 10.9. The lowest BCUT2D eigenvalue weighted by molar-refractivity contribution is -0.145. The molecule has 0 saturated carbocycles. The summed E-state index contributed by atoms with van der Waals surface area (Å²) in [7, 11) is 0. The van der Waals surface area contributed by atoms with Crippen molar-refractivity contribution in [1.82, 2.24) is 0 Å². The molecule has 0 bridgehead atoms. The van der Waals surface area contributed by atoms with Gasteiger partial charge in [0.05, 0.1) is 6.10 Å². The summed E-state index contributed by atoms with van der Waals surface area (Å²) in [6, 6.07) is 0. The van der Waals surface area contributed by atoms with E-state index >= 15 is 0 Å². The Morgan fingerprint density at radius 3 is 2.57 bits per heavy atom. The van der Waals surface area contributed by atoms with Gasteiger partial charge in [-0.2, -0.15) is 0 Å². The molecule has 1 rings (SSSR count). The van der Waals surface area contributed by atoms with E-state index in [0.29, 0.717) is 0 Å². The van der Waals surface area contributed by atoms with E-state index in [-0.39, 0.29) is 17.8 Å². The highest BCUT2D eigenvalue weighted by Gasteiger charge is 2.38. The average molecular weight is 196 g/mol. The number of ketones is 1. The van der Waals surface area contributed by atoms with Gasteiger partial charge in [0.25, 0.3) is 0 Å². The molecule has 1 saturated heterocycles. The first-order valence-corrected chi connectivity index (χ1v) is 5.22. The highest BCUT2D eigenvalue weighted by molar-refractivity contribution is 5.90. The van der Waals surface area contributed by atoms with Gasteiger partial charge in [-0.05, 0) is 40.5 Å². The van der Waals surface area contributed by atoms with Crippen LogP contribution in [-0.4, -0.2) is 17.5 Å². The van der Waals surface area contributed by atoms with Crippen LogP contribution in [0, 0.1) is 5.92 Å². The van der Waals surface area contributed by atoms with Gasteiger partial charge >= 0.3 is 0 Å². The molecule has 14 heavy (non-hydrogen) atoms. The van der Waals surface area contributed by atoms with E-state index in [9.17, 15) is 4.79 Å². The number of Topliss-reactive ketones (excluding diaryl/α,β-unsaturated/α-hetero) is 1. The molecule has 2 nitrogen and oxygen atoms in total. The Morgan fingerprint density at radius 2 is 2.07 bits per heavy atom. The molecular formula is C12H20O2. The Kier molecular flexibility index (Phi) is 3.15. The first-order chi connectivity index (χ1) is 6.34. The van der Waals surface area contributed by atoms with Crippen molar-refractivity contribution in [2.24, 2.45) is 5.92 Å². The van der Waals surface area contributed by atoms with Crippen LogP contribution in [0.5, 0.6) is 0 Å². The van der Waals surface area contributed by atoms with Crippen LogP contribution in [-0.2, 0) is 9.53 Å². The van der Waals surface area contributed by atoms with Crippen LogP contribution >= 0.6 is 0 Å². The number of hydrogen-bond donors (Lipinski definition) is 0. The second-order valence-electron chi connectivity index (χ2n) is 4.78. The molecule has 0 aromatic rings. The number of allylic oxidation sites excluding steroid dienone is 1. The van der Waals surface area contributed by atoms with Crippen molar-refractivity contribution in [1.29, 1.82) is 0 Å². The van der Waals surface area contributed by atoms with Crippen LogP contribution in [0.15, 0.2) is 12.2 Å². The van der Waals surface area contributed by atoms with E-state index in [2.05, 4.69) is 6.58 Å². The third kappa shape index (κ3) is 2.24. The highest BCUT2D eigenvalue weighted by atomic mass is 16.5. The monoisotopic (exact) mass is 196 g/mol. The molecule has 1 unspecified atom stereocenters. The molecule has 0 amide bonds. The number of rotatable bonds is 1. The van der Waals surface area contributed by atoms with E-state index in [0.717, 1.165) is 18.4 Å². The minimum atomic E-state index is -0.653. The van der Waals surface area contributed by atoms with E-state index < -0.39 is 5.60 Å². The maximum Gasteiger partial charge on any atom is 0.171 e. The summed E-state index contributed by atoms with van der Waals surface area (Å²) < 4.78 is 5.70. The molecule has 80 valence electrons. The molecule has 1 heterocycles. The Bertz CT molecular complexity index is 253. The van der Waals surface area contributed by atoms with E-state index in [4.69, 9.17) is 4.74 Å². The van der Waals surface area contributed by atoms with Crippen LogP contribution in [0.1, 0.15) is 40.5 Å². The Balaban J connectivity index is 2.92. The summed E-state index contributed by atoms with van der Waals surface area (Å²) in [5.74, 6) is 0.157. The zero-order valence-corrected chi connectivity index (χ0v) is 9.59. The summed E-state index contributed by atoms with van der Waals surface area (Å²) in [4.78, 5) is 12.1. The summed E-state index contributed by atoms with van der Waals surface area (Å²) in [5, 5.41) is 0. The van der Waals surface area contributed by atoms with Crippen LogP contribution in [0.4, 0.5) is 0 Å². The smallest absolute Gasteiger partial charge is 0.171 e. The average Bonchev–Trinajstić information content (AvgIpc) is 2.10. The molecule has 2 atom stereocenters. The second-order valence-corrected chi connectivity index (χ2v) is 4.78. The zero-order valence-electron chi connectivity index (χ0n) is 9.59. The van der Waals surface area contributed by atoms with Crippen molar-refractivity contribution in [3.05, 3.63) is 12.2 Å². The molecule has 0 radical (unpaired) electrons. The molecule has 1 aliphatic rings.